The Kier molecular flexibility index (Phi) is 5.23. The third-order valence-electron chi connectivity index (χ3n) is 4.65. The van der Waals surface area contributed by atoms with E-state index in [9.17, 15) is 14.7 Å². The third-order valence-corrected chi connectivity index (χ3v) is 4.65. The van der Waals surface area contributed by atoms with Crippen LogP contribution in [0.3, 0.4) is 0 Å². The van der Waals surface area contributed by atoms with Crippen LogP contribution in [-0.4, -0.2) is 36.7 Å². The van der Waals surface area contributed by atoms with Crippen molar-refractivity contribution in [2.24, 2.45) is 0 Å². The summed E-state index contributed by atoms with van der Waals surface area (Å²) < 4.78 is 5.12. The number of hydrogen-bond donors (Lipinski definition) is 3. The van der Waals surface area contributed by atoms with E-state index in [-0.39, 0.29) is 5.91 Å². The summed E-state index contributed by atoms with van der Waals surface area (Å²) in [5.74, 6) is -0.102. The van der Waals surface area contributed by atoms with Crippen LogP contribution in [0, 0.1) is 0 Å². The molecule has 0 aliphatic heterocycles. The molecule has 3 N–H and O–H groups in total. The van der Waals surface area contributed by atoms with Gasteiger partial charge < -0.3 is 20.5 Å². The number of hydrogen-bond acceptors (Lipinski definition) is 4. The summed E-state index contributed by atoms with van der Waals surface area (Å²) in [7, 11) is 1.54. The molecular weight excluding hydrogens is 332 g/mol. The molecule has 0 saturated heterocycles. The molecule has 0 heterocycles. The molecule has 1 atom stereocenters. The van der Waals surface area contributed by atoms with Crippen LogP contribution in [0.15, 0.2) is 54.6 Å². The number of aliphatic hydroxyl groups excluding tert-OH is 1. The van der Waals surface area contributed by atoms with E-state index < -0.39 is 24.0 Å². The van der Waals surface area contributed by atoms with Gasteiger partial charge in [0.15, 0.2) is 0 Å². The van der Waals surface area contributed by atoms with Gasteiger partial charge in [-0.3, -0.25) is 9.59 Å². The number of aliphatic hydroxyl groups is 1. The van der Waals surface area contributed by atoms with Crippen LogP contribution in [0.2, 0.25) is 0 Å². The zero-order valence-corrected chi connectivity index (χ0v) is 14.6. The molecule has 0 bridgehead atoms. The van der Waals surface area contributed by atoms with Crippen molar-refractivity contribution in [3.8, 4) is 5.75 Å². The summed E-state index contributed by atoms with van der Waals surface area (Å²) in [4.78, 5) is 25.2. The molecular formula is C20H22N2O4. The molecule has 1 aliphatic rings. The molecule has 1 fully saturated rings. The van der Waals surface area contributed by atoms with E-state index in [0.717, 1.165) is 18.4 Å². The normalized spacial score (nSPS) is 15.6. The zero-order valence-electron chi connectivity index (χ0n) is 14.6. The number of benzene rings is 2. The maximum atomic E-state index is 12.7. The molecule has 0 spiro atoms. The van der Waals surface area contributed by atoms with Gasteiger partial charge in [0.1, 0.15) is 11.8 Å². The molecule has 136 valence electrons. The van der Waals surface area contributed by atoms with Gasteiger partial charge in [-0.25, -0.2) is 0 Å². The minimum atomic E-state index is -1.02. The predicted molar refractivity (Wildman–Crippen MR) is 98.0 cm³/mol. The lowest BCUT2D eigenvalue weighted by Crippen LogP contribution is -2.49. The second kappa shape index (κ2) is 7.58. The molecule has 0 unspecified atom stereocenters. The van der Waals surface area contributed by atoms with Crippen LogP contribution in [0.5, 0.6) is 5.75 Å². The molecule has 3 rings (SSSR count). The van der Waals surface area contributed by atoms with Crippen molar-refractivity contribution in [2.45, 2.75) is 24.3 Å². The molecule has 26 heavy (non-hydrogen) atoms. The van der Waals surface area contributed by atoms with Crippen molar-refractivity contribution in [1.82, 2.24) is 5.32 Å². The topological polar surface area (TPSA) is 87.7 Å². The lowest BCUT2D eigenvalue weighted by atomic mass is 9.94. The summed E-state index contributed by atoms with van der Waals surface area (Å²) in [5, 5.41) is 15.0. The fourth-order valence-electron chi connectivity index (χ4n) is 2.95. The minimum Gasteiger partial charge on any atom is -0.497 e. The number of nitrogens with one attached hydrogen (secondary N) is 2. The van der Waals surface area contributed by atoms with E-state index in [1.54, 1.807) is 24.3 Å². The molecule has 1 aliphatic carbocycles. The van der Waals surface area contributed by atoms with Crippen molar-refractivity contribution < 1.29 is 19.4 Å². The van der Waals surface area contributed by atoms with Crippen molar-refractivity contribution in [3.05, 3.63) is 60.2 Å². The average molecular weight is 354 g/mol. The van der Waals surface area contributed by atoms with Gasteiger partial charge in [-0.2, -0.15) is 0 Å². The summed E-state index contributed by atoms with van der Waals surface area (Å²) >= 11 is 0. The SMILES string of the molecule is COc1cccc(NC(=O)[C@H](CO)NC(=O)C2(c3ccccc3)CC2)c1. The van der Waals surface area contributed by atoms with Gasteiger partial charge in [0, 0.05) is 11.8 Å². The quantitative estimate of drug-likeness (QED) is 0.708. The first-order chi connectivity index (χ1) is 12.6. The van der Waals surface area contributed by atoms with Gasteiger partial charge in [0.05, 0.1) is 19.1 Å². The van der Waals surface area contributed by atoms with Crippen LogP contribution in [0.25, 0.3) is 0 Å². The lowest BCUT2D eigenvalue weighted by Gasteiger charge is -2.21. The lowest BCUT2D eigenvalue weighted by molar-refractivity contribution is -0.129. The molecule has 2 amide bonds. The van der Waals surface area contributed by atoms with E-state index in [4.69, 9.17) is 4.74 Å². The highest BCUT2D eigenvalue weighted by Gasteiger charge is 2.51. The Labute approximate surface area is 152 Å². The maximum absolute atomic E-state index is 12.7. The van der Waals surface area contributed by atoms with E-state index in [0.29, 0.717) is 11.4 Å². The van der Waals surface area contributed by atoms with Gasteiger partial charge in [0.2, 0.25) is 11.8 Å². The number of rotatable bonds is 7. The molecule has 1 saturated carbocycles. The van der Waals surface area contributed by atoms with Crippen molar-refractivity contribution in [2.75, 3.05) is 19.0 Å². The smallest absolute Gasteiger partial charge is 0.249 e. The first-order valence-electron chi connectivity index (χ1n) is 8.51. The van der Waals surface area contributed by atoms with Gasteiger partial charge in [-0.15, -0.1) is 0 Å². The van der Waals surface area contributed by atoms with Crippen molar-refractivity contribution in [3.63, 3.8) is 0 Å². The zero-order chi connectivity index (χ0) is 18.6. The van der Waals surface area contributed by atoms with E-state index in [1.807, 2.05) is 30.3 Å². The van der Waals surface area contributed by atoms with Crippen LogP contribution < -0.4 is 15.4 Å². The Balaban J connectivity index is 1.67. The number of amides is 2. The van der Waals surface area contributed by atoms with Gasteiger partial charge in [0.25, 0.3) is 0 Å². The first-order valence-corrected chi connectivity index (χ1v) is 8.51. The summed E-state index contributed by atoms with van der Waals surface area (Å²) in [6, 6.07) is 15.4. The second-order valence-corrected chi connectivity index (χ2v) is 6.38. The fourth-order valence-corrected chi connectivity index (χ4v) is 2.95. The van der Waals surface area contributed by atoms with Gasteiger partial charge in [-0.1, -0.05) is 36.4 Å². The van der Waals surface area contributed by atoms with Crippen molar-refractivity contribution >= 4 is 17.5 Å². The van der Waals surface area contributed by atoms with Crippen LogP contribution >= 0.6 is 0 Å². The summed E-state index contributed by atoms with van der Waals surface area (Å²) in [6.45, 7) is -0.480. The average Bonchev–Trinajstić information content (AvgIpc) is 3.48. The fraction of sp³-hybridized carbons (Fsp3) is 0.300. The largest absolute Gasteiger partial charge is 0.497 e. The molecule has 6 nitrogen and oxygen atoms in total. The molecule has 0 aromatic heterocycles. The number of carbonyl (C=O) groups is 2. The van der Waals surface area contributed by atoms with E-state index in [1.165, 1.54) is 7.11 Å². The monoisotopic (exact) mass is 354 g/mol. The minimum absolute atomic E-state index is 0.233. The number of ether oxygens (including phenoxy) is 1. The Morgan fingerprint density at radius 3 is 2.50 bits per heavy atom. The number of carbonyl (C=O) groups excluding carboxylic acids is 2. The standard InChI is InChI=1S/C20H22N2O4/c1-26-16-9-5-8-15(12-16)21-18(24)17(13-23)22-19(25)20(10-11-20)14-6-3-2-4-7-14/h2-9,12,17,23H,10-11,13H2,1H3,(H,21,24)(H,22,25)/t17-/m0/s1. The third kappa shape index (κ3) is 3.70. The molecule has 0 radical (unpaired) electrons. The van der Waals surface area contributed by atoms with Crippen molar-refractivity contribution in [1.29, 1.82) is 0 Å². The van der Waals surface area contributed by atoms with Gasteiger partial charge >= 0.3 is 0 Å². The Morgan fingerprint density at radius 1 is 1.15 bits per heavy atom. The highest BCUT2D eigenvalue weighted by atomic mass is 16.5. The van der Waals surface area contributed by atoms with Crippen LogP contribution in [0.1, 0.15) is 18.4 Å². The second-order valence-electron chi connectivity index (χ2n) is 6.38. The number of anilines is 1. The number of methoxy groups -OCH3 is 1. The van der Waals surface area contributed by atoms with Crippen LogP contribution in [0.4, 0.5) is 5.69 Å². The summed E-state index contributed by atoms with van der Waals surface area (Å²) in [6.07, 6.45) is 1.47. The summed E-state index contributed by atoms with van der Waals surface area (Å²) in [5.41, 5.74) is 0.874. The molecule has 6 heteroatoms. The van der Waals surface area contributed by atoms with E-state index >= 15 is 0 Å². The molecule has 2 aromatic rings. The van der Waals surface area contributed by atoms with Crippen LogP contribution in [-0.2, 0) is 15.0 Å². The maximum Gasteiger partial charge on any atom is 0.249 e. The molecule has 2 aromatic carbocycles. The Bertz CT molecular complexity index is 787. The first kappa shape index (κ1) is 17.9. The predicted octanol–water partition coefficient (Wildman–Crippen LogP) is 1.84. The highest BCUT2D eigenvalue weighted by Crippen LogP contribution is 2.48. The highest BCUT2D eigenvalue weighted by molar-refractivity contribution is 6.00. The van der Waals surface area contributed by atoms with E-state index in [2.05, 4.69) is 10.6 Å². The van der Waals surface area contributed by atoms with Gasteiger partial charge in [-0.05, 0) is 30.5 Å². The Morgan fingerprint density at radius 2 is 1.88 bits per heavy atom. The Hall–Kier alpha value is -2.86.